The predicted molar refractivity (Wildman–Crippen MR) is 89.8 cm³/mol. The Kier molecular flexibility index (Phi) is 9.26. The van der Waals surface area contributed by atoms with Crippen molar-refractivity contribution >= 4 is 30.6 Å². The molecule has 1 heterocycles. The minimum atomic E-state index is -0.463. The van der Waals surface area contributed by atoms with Gasteiger partial charge in [0, 0.05) is 31.3 Å². The Labute approximate surface area is 141 Å². The normalized spacial score (nSPS) is 16.4. The molecule has 22 heavy (non-hydrogen) atoms. The van der Waals surface area contributed by atoms with E-state index in [1.165, 1.54) is 12.1 Å². The van der Waals surface area contributed by atoms with Gasteiger partial charge in [0.15, 0.2) is 0 Å². The van der Waals surface area contributed by atoms with Crippen LogP contribution in [0.3, 0.4) is 0 Å². The largest absolute Gasteiger partial charge is 0.447 e. The Morgan fingerprint density at radius 1 is 1.36 bits per heavy atom. The van der Waals surface area contributed by atoms with Crippen molar-refractivity contribution in [3.05, 3.63) is 35.9 Å². The molecule has 3 N–H and O–H groups in total. The van der Waals surface area contributed by atoms with Gasteiger partial charge in [-0.25, -0.2) is 9.10 Å². The van der Waals surface area contributed by atoms with Gasteiger partial charge in [-0.2, -0.15) is 0 Å². The third-order valence-electron chi connectivity index (χ3n) is 3.00. The molecule has 124 valence electrons. The number of nitrogens with two attached hydrogens (primary N) is 1. The van der Waals surface area contributed by atoms with Crippen molar-refractivity contribution in [2.75, 3.05) is 32.9 Å². The lowest BCUT2D eigenvalue weighted by Gasteiger charge is -2.24. The lowest BCUT2D eigenvalue weighted by atomic mass is 10.1. The van der Waals surface area contributed by atoms with E-state index >= 15 is 0 Å². The quantitative estimate of drug-likeness (QED) is 0.761. The third kappa shape index (κ3) is 7.33. The fraction of sp³-hybridized carbons (Fsp3) is 0.500. The Morgan fingerprint density at radius 2 is 2.05 bits per heavy atom. The van der Waals surface area contributed by atoms with Crippen molar-refractivity contribution in [2.24, 2.45) is 5.73 Å². The summed E-state index contributed by atoms with van der Waals surface area (Å²) in [7, 11) is 0. The van der Waals surface area contributed by atoms with E-state index in [2.05, 4.69) is 4.72 Å². The molecule has 0 aliphatic carbocycles. The number of carbonyl (C=O) groups excluding carboxylic acids is 1. The van der Waals surface area contributed by atoms with E-state index in [1.54, 1.807) is 0 Å². The molecule has 0 radical (unpaired) electrons. The molecule has 1 atom stereocenters. The lowest BCUT2D eigenvalue weighted by molar-refractivity contribution is 0.0768. The van der Waals surface area contributed by atoms with Gasteiger partial charge in [0.25, 0.3) is 0 Å². The van der Waals surface area contributed by atoms with E-state index in [-0.39, 0.29) is 25.1 Å². The number of nitrogens with zero attached hydrogens (tertiary/aromatic N) is 1. The van der Waals surface area contributed by atoms with Crippen LogP contribution in [0.15, 0.2) is 30.3 Å². The van der Waals surface area contributed by atoms with Gasteiger partial charge in [-0.3, -0.25) is 4.72 Å². The van der Waals surface area contributed by atoms with E-state index in [0.717, 1.165) is 18.7 Å². The zero-order valence-corrected chi connectivity index (χ0v) is 13.9. The molecule has 1 amide bonds. The molecule has 0 unspecified atom stereocenters. The van der Waals surface area contributed by atoms with Crippen LogP contribution in [0.2, 0.25) is 0 Å². The van der Waals surface area contributed by atoms with Crippen molar-refractivity contribution < 1.29 is 14.3 Å². The van der Waals surface area contributed by atoms with E-state index in [9.17, 15) is 4.79 Å². The summed E-state index contributed by atoms with van der Waals surface area (Å²) in [5.41, 5.74) is 7.09. The first-order chi connectivity index (χ1) is 10.2. The summed E-state index contributed by atoms with van der Waals surface area (Å²) in [6.07, 6.45) is 0.222. The highest BCUT2D eigenvalue weighted by Crippen LogP contribution is 2.08. The zero-order valence-electron chi connectivity index (χ0n) is 12.3. The molecule has 0 spiro atoms. The van der Waals surface area contributed by atoms with Crippen molar-refractivity contribution in [3.63, 3.8) is 0 Å². The van der Waals surface area contributed by atoms with Crippen LogP contribution in [0.4, 0.5) is 4.79 Å². The highest BCUT2D eigenvalue weighted by Gasteiger charge is 2.13. The summed E-state index contributed by atoms with van der Waals surface area (Å²) in [5, 5.41) is 0. The summed E-state index contributed by atoms with van der Waals surface area (Å²) in [5.74, 6) is 0. The minimum absolute atomic E-state index is 0. The smallest absolute Gasteiger partial charge is 0.418 e. The van der Waals surface area contributed by atoms with Gasteiger partial charge in [-0.05, 0) is 12.0 Å². The van der Waals surface area contributed by atoms with E-state index in [1.807, 2.05) is 34.6 Å². The van der Waals surface area contributed by atoms with Gasteiger partial charge in [0.1, 0.15) is 6.61 Å². The maximum Gasteiger partial charge on any atom is 0.418 e. The number of hydrogen-bond acceptors (Lipinski definition) is 6. The van der Waals surface area contributed by atoms with Crippen LogP contribution in [0.1, 0.15) is 5.56 Å². The molecule has 2 rings (SSSR count). The van der Waals surface area contributed by atoms with E-state index < -0.39 is 6.09 Å². The second kappa shape index (κ2) is 10.7. The number of morpholine rings is 1. The number of hydrogen-bond donors (Lipinski definition) is 2. The first-order valence-corrected chi connectivity index (χ1v) is 7.73. The summed E-state index contributed by atoms with van der Waals surface area (Å²) in [6, 6.07) is 9.71. The highest BCUT2D eigenvalue weighted by atomic mass is 35.5. The average Bonchev–Trinajstić information content (AvgIpc) is 2.53. The SMILES string of the molecule is Cl.N[C@@H](COC(=O)NSN1CCOCC1)Cc1ccccc1. The second-order valence-corrected chi connectivity index (χ2v) is 5.69. The highest BCUT2D eigenvalue weighted by molar-refractivity contribution is 7.95. The van der Waals surface area contributed by atoms with E-state index in [4.69, 9.17) is 15.2 Å². The van der Waals surface area contributed by atoms with Gasteiger partial charge >= 0.3 is 6.09 Å². The lowest BCUT2D eigenvalue weighted by Crippen LogP contribution is -2.36. The molecule has 1 aromatic rings. The standard InChI is InChI=1S/C14H21N3O3S.ClH/c15-13(10-12-4-2-1-3-5-12)11-20-14(18)16-21-17-6-8-19-9-7-17;/h1-5,13H,6-11,15H2,(H,16,18);1H/t13-;/m1./s1. The zero-order chi connectivity index (χ0) is 14.9. The molecule has 0 saturated carbocycles. The summed E-state index contributed by atoms with van der Waals surface area (Å²) < 4.78 is 15.0. The van der Waals surface area contributed by atoms with Gasteiger partial charge in [-0.15, -0.1) is 12.4 Å². The molecular weight excluding hydrogens is 326 g/mol. The Bertz CT molecular complexity index is 433. The first kappa shape index (κ1) is 19.1. The van der Waals surface area contributed by atoms with Gasteiger partial charge in [-0.1, -0.05) is 30.3 Å². The Hall–Kier alpha value is -0.990. The minimum Gasteiger partial charge on any atom is -0.447 e. The molecule has 8 heteroatoms. The van der Waals surface area contributed by atoms with Crippen molar-refractivity contribution in [2.45, 2.75) is 12.5 Å². The van der Waals surface area contributed by atoms with Gasteiger partial charge in [0.05, 0.1) is 13.2 Å². The van der Waals surface area contributed by atoms with Gasteiger partial charge < -0.3 is 15.2 Å². The topological polar surface area (TPSA) is 76.8 Å². The predicted octanol–water partition coefficient (Wildman–Crippen LogP) is 1.60. The maximum absolute atomic E-state index is 11.6. The van der Waals surface area contributed by atoms with Crippen molar-refractivity contribution in [1.29, 1.82) is 0 Å². The van der Waals surface area contributed by atoms with Crippen LogP contribution in [-0.2, 0) is 15.9 Å². The van der Waals surface area contributed by atoms with Crippen molar-refractivity contribution in [1.82, 2.24) is 9.03 Å². The molecule has 0 aromatic heterocycles. The summed E-state index contributed by atoms with van der Waals surface area (Å²) >= 11 is 1.25. The number of rotatable bonds is 6. The molecule has 1 saturated heterocycles. The number of carbonyl (C=O) groups is 1. The number of halogens is 1. The Morgan fingerprint density at radius 3 is 2.73 bits per heavy atom. The number of benzene rings is 1. The molecule has 1 aliphatic heterocycles. The molecule has 6 nitrogen and oxygen atoms in total. The van der Waals surface area contributed by atoms with Crippen LogP contribution < -0.4 is 10.5 Å². The molecule has 1 fully saturated rings. The van der Waals surface area contributed by atoms with Crippen LogP contribution in [-0.4, -0.2) is 49.4 Å². The Balaban J connectivity index is 0.00000242. The fourth-order valence-electron chi connectivity index (χ4n) is 1.93. The van der Waals surface area contributed by atoms with Gasteiger partial charge in [0.2, 0.25) is 0 Å². The van der Waals surface area contributed by atoms with Crippen LogP contribution in [0.25, 0.3) is 0 Å². The maximum atomic E-state index is 11.6. The van der Waals surface area contributed by atoms with Crippen LogP contribution >= 0.6 is 24.5 Å². The fourth-order valence-corrected chi connectivity index (χ4v) is 2.52. The summed E-state index contributed by atoms with van der Waals surface area (Å²) in [6.45, 7) is 3.15. The van der Waals surface area contributed by atoms with Crippen molar-refractivity contribution in [3.8, 4) is 0 Å². The third-order valence-corrected chi connectivity index (χ3v) is 3.88. The molecule has 1 aliphatic rings. The number of ether oxygens (including phenoxy) is 2. The van der Waals surface area contributed by atoms with Crippen LogP contribution in [0.5, 0.6) is 0 Å². The second-order valence-electron chi connectivity index (χ2n) is 4.78. The molecular formula is C14H22ClN3O3S. The average molecular weight is 348 g/mol. The first-order valence-electron chi connectivity index (χ1n) is 6.96. The molecule has 0 bridgehead atoms. The summed E-state index contributed by atoms with van der Waals surface area (Å²) in [4.78, 5) is 11.6. The number of nitrogens with one attached hydrogen (secondary N) is 1. The number of amides is 1. The monoisotopic (exact) mass is 347 g/mol. The molecule has 1 aromatic carbocycles. The van der Waals surface area contributed by atoms with Crippen LogP contribution in [0, 0.1) is 0 Å². The van der Waals surface area contributed by atoms with E-state index in [0.29, 0.717) is 19.6 Å².